The molecule has 0 aromatic heterocycles. The van der Waals surface area contributed by atoms with Gasteiger partial charge >= 0.3 is 5.97 Å². The molecule has 1 amide bonds. The van der Waals surface area contributed by atoms with Crippen molar-refractivity contribution < 1.29 is 14.7 Å². The van der Waals surface area contributed by atoms with Gasteiger partial charge in [-0.2, -0.15) is 11.8 Å². The zero-order chi connectivity index (χ0) is 12.2. The lowest BCUT2D eigenvalue weighted by Crippen LogP contribution is -2.43. The molecule has 1 aliphatic carbocycles. The lowest BCUT2D eigenvalue weighted by atomic mass is 10.1. The molecule has 0 radical (unpaired) electrons. The van der Waals surface area contributed by atoms with E-state index < -0.39 is 12.0 Å². The van der Waals surface area contributed by atoms with Gasteiger partial charge in [-0.3, -0.25) is 9.59 Å². The molecule has 4 N–H and O–H groups in total. The van der Waals surface area contributed by atoms with Crippen LogP contribution in [0.2, 0.25) is 0 Å². The molecule has 1 fully saturated rings. The van der Waals surface area contributed by atoms with Crippen LogP contribution in [-0.4, -0.2) is 40.6 Å². The summed E-state index contributed by atoms with van der Waals surface area (Å²) in [5.41, 5.74) is 5.57. The van der Waals surface area contributed by atoms with Crippen molar-refractivity contribution in [2.75, 3.05) is 12.8 Å². The number of carbonyl (C=O) groups is 2. The van der Waals surface area contributed by atoms with Gasteiger partial charge in [0.05, 0.1) is 6.04 Å². The van der Waals surface area contributed by atoms with Gasteiger partial charge in [-0.05, 0) is 25.5 Å². The highest BCUT2D eigenvalue weighted by Crippen LogP contribution is 2.46. The Morgan fingerprint density at radius 3 is 2.62 bits per heavy atom. The molecule has 0 bridgehead atoms. The first kappa shape index (κ1) is 13.3. The molecule has 92 valence electrons. The van der Waals surface area contributed by atoms with Crippen molar-refractivity contribution in [3.8, 4) is 0 Å². The van der Waals surface area contributed by atoms with Gasteiger partial charge in [0.15, 0.2) is 0 Å². The van der Waals surface area contributed by atoms with Crippen LogP contribution in [0, 0.1) is 0 Å². The van der Waals surface area contributed by atoms with E-state index in [0.717, 1.165) is 12.8 Å². The number of nitrogens with two attached hydrogens (primary N) is 1. The number of hydrogen-bond donors (Lipinski definition) is 3. The van der Waals surface area contributed by atoms with E-state index in [9.17, 15) is 9.59 Å². The first-order chi connectivity index (χ1) is 7.49. The quantitative estimate of drug-likeness (QED) is 0.596. The van der Waals surface area contributed by atoms with Crippen LogP contribution in [-0.2, 0) is 9.59 Å². The summed E-state index contributed by atoms with van der Waals surface area (Å²) in [6.45, 7) is 0.633. The minimum atomic E-state index is -0.925. The number of amides is 1. The van der Waals surface area contributed by atoms with E-state index in [2.05, 4.69) is 5.32 Å². The summed E-state index contributed by atoms with van der Waals surface area (Å²) in [5.74, 6) is -1.17. The average Bonchev–Trinajstić information content (AvgIpc) is 3.03. The molecule has 0 saturated heterocycles. The smallest absolute Gasteiger partial charge is 0.303 e. The van der Waals surface area contributed by atoms with Gasteiger partial charge in [-0.1, -0.05) is 0 Å². The lowest BCUT2D eigenvalue weighted by molar-refractivity contribution is -0.137. The first-order valence-electron chi connectivity index (χ1n) is 5.29. The third-order valence-corrected chi connectivity index (χ3v) is 4.25. The van der Waals surface area contributed by atoms with Crippen LogP contribution in [0.15, 0.2) is 0 Å². The number of carboxylic acids is 1. The van der Waals surface area contributed by atoms with Crippen LogP contribution < -0.4 is 11.1 Å². The van der Waals surface area contributed by atoms with Crippen molar-refractivity contribution in [2.45, 2.75) is 36.5 Å². The Balaban J connectivity index is 2.21. The standard InChI is InChI=1S/C10H18N2O3S/c1-16-10(4-5-10)6-12-9(15)7(11)2-3-8(13)14/h7H,2-6,11H2,1H3,(H,12,15)(H,13,14). The van der Waals surface area contributed by atoms with E-state index in [-0.39, 0.29) is 23.5 Å². The second kappa shape index (κ2) is 5.54. The zero-order valence-corrected chi connectivity index (χ0v) is 10.2. The predicted molar refractivity (Wildman–Crippen MR) is 63.3 cm³/mol. The van der Waals surface area contributed by atoms with E-state index in [1.165, 1.54) is 0 Å². The van der Waals surface area contributed by atoms with E-state index in [1.807, 2.05) is 6.26 Å². The Morgan fingerprint density at radius 1 is 1.56 bits per heavy atom. The van der Waals surface area contributed by atoms with Crippen molar-refractivity contribution in [1.29, 1.82) is 0 Å². The van der Waals surface area contributed by atoms with Gasteiger partial charge in [0, 0.05) is 17.7 Å². The van der Waals surface area contributed by atoms with Crippen LogP contribution in [0.1, 0.15) is 25.7 Å². The summed E-state index contributed by atoms with van der Waals surface area (Å²) >= 11 is 1.76. The number of hydrogen-bond acceptors (Lipinski definition) is 4. The Morgan fingerprint density at radius 2 is 2.19 bits per heavy atom. The largest absolute Gasteiger partial charge is 0.481 e. The maximum Gasteiger partial charge on any atom is 0.303 e. The van der Waals surface area contributed by atoms with Gasteiger partial charge in [0.2, 0.25) is 5.91 Å². The minimum absolute atomic E-state index is 0.0672. The molecule has 16 heavy (non-hydrogen) atoms. The second-order valence-electron chi connectivity index (χ2n) is 4.14. The Hall–Kier alpha value is -0.750. The minimum Gasteiger partial charge on any atom is -0.481 e. The monoisotopic (exact) mass is 246 g/mol. The number of aliphatic carboxylic acids is 1. The normalized spacial score (nSPS) is 18.9. The highest BCUT2D eigenvalue weighted by Gasteiger charge is 2.42. The maximum absolute atomic E-state index is 11.5. The SMILES string of the molecule is CSC1(CNC(=O)C(N)CCC(=O)O)CC1. The molecule has 0 aromatic carbocycles. The van der Waals surface area contributed by atoms with Crippen molar-refractivity contribution in [3.63, 3.8) is 0 Å². The van der Waals surface area contributed by atoms with Gasteiger partial charge in [0.1, 0.15) is 0 Å². The third kappa shape index (κ3) is 4.02. The zero-order valence-electron chi connectivity index (χ0n) is 9.36. The van der Waals surface area contributed by atoms with E-state index >= 15 is 0 Å². The fraction of sp³-hybridized carbons (Fsp3) is 0.800. The summed E-state index contributed by atoms with van der Waals surface area (Å²) in [5, 5.41) is 11.2. The van der Waals surface area contributed by atoms with Crippen LogP contribution in [0.3, 0.4) is 0 Å². The fourth-order valence-electron chi connectivity index (χ4n) is 1.38. The van der Waals surface area contributed by atoms with E-state index in [0.29, 0.717) is 6.54 Å². The molecule has 0 heterocycles. The second-order valence-corrected chi connectivity index (χ2v) is 5.42. The topological polar surface area (TPSA) is 92.4 Å². The molecule has 0 aromatic rings. The highest BCUT2D eigenvalue weighted by molar-refractivity contribution is 8.00. The predicted octanol–water partition coefficient (Wildman–Crippen LogP) is 0.190. The molecule has 1 rings (SSSR count). The van der Waals surface area contributed by atoms with E-state index in [4.69, 9.17) is 10.8 Å². The van der Waals surface area contributed by atoms with Gasteiger partial charge in [-0.25, -0.2) is 0 Å². The van der Waals surface area contributed by atoms with Gasteiger partial charge in [-0.15, -0.1) is 0 Å². The molecule has 1 saturated carbocycles. The Bertz CT molecular complexity index is 279. The maximum atomic E-state index is 11.5. The van der Waals surface area contributed by atoms with Crippen molar-refractivity contribution >= 4 is 23.6 Å². The molecule has 1 atom stereocenters. The van der Waals surface area contributed by atoms with Crippen LogP contribution >= 0.6 is 11.8 Å². The summed E-state index contributed by atoms with van der Waals surface area (Å²) in [4.78, 5) is 21.8. The molecule has 1 unspecified atom stereocenters. The highest BCUT2D eigenvalue weighted by atomic mass is 32.2. The van der Waals surface area contributed by atoms with Gasteiger partial charge in [0.25, 0.3) is 0 Å². The number of nitrogens with one attached hydrogen (secondary N) is 1. The summed E-state index contributed by atoms with van der Waals surface area (Å²) in [6.07, 6.45) is 4.40. The summed E-state index contributed by atoms with van der Waals surface area (Å²) in [6, 6.07) is -0.714. The summed E-state index contributed by atoms with van der Waals surface area (Å²) in [7, 11) is 0. The van der Waals surface area contributed by atoms with E-state index in [1.54, 1.807) is 11.8 Å². The number of thioether (sulfide) groups is 1. The van der Waals surface area contributed by atoms with Crippen LogP contribution in [0.5, 0.6) is 0 Å². The Kier molecular flexibility index (Phi) is 4.61. The molecular formula is C10H18N2O3S. The summed E-state index contributed by atoms with van der Waals surface area (Å²) < 4.78 is 0.210. The number of carboxylic acid groups (broad SMARTS) is 1. The molecule has 0 spiro atoms. The molecule has 5 nitrogen and oxygen atoms in total. The van der Waals surface area contributed by atoms with Crippen molar-refractivity contribution in [2.24, 2.45) is 5.73 Å². The lowest BCUT2D eigenvalue weighted by Gasteiger charge is -2.15. The molecular weight excluding hydrogens is 228 g/mol. The van der Waals surface area contributed by atoms with Crippen molar-refractivity contribution in [1.82, 2.24) is 5.32 Å². The Labute approximate surface area is 99.1 Å². The fourth-order valence-corrected chi connectivity index (χ4v) is 2.11. The third-order valence-electron chi connectivity index (χ3n) is 2.83. The molecule has 1 aliphatic rings. The van der Waals surface area contributed by atoms with Gasteiger partial charge < -0.3 is 16.2 Å². The molecule has 6 heteroatoms. The first-order valence-corrected chi connectivity index (χ1v) is 6.52. The van der Waals surface area contributed by atoms with Crippen LogP contribution in [0.4, 0.5) is 0 Å². The molecule has 0 aliphatic heterocycles. The number of rotatable bonds is 7. The van der Waals surface area contributed by atoms with Crippen LogP contribution in [0.25, 0.3) is 0 Å². The average molecular weight is 246 g/mol. The van der Waals surface area contributed by atoms with Crippen molar-refractivity contribution in [3.05, 3.63) is 0 Å². The number of carbonyl (C=O) groups excluding carboxylic acids is 1.